The van der Waals surface area contributed by atoms with E-state index in [4.69, 9.17) is 4.74 Å². The molecule has 4 nitrogen and oxygen atoms in total. The molecule has 1 aromatic rings. The molecule has 0 saturated carbocycles. The number of ether oxygens (including phenoxy) is 1. The van der Waals surface area contributed by atoms with E-state index >= 15 is 0 Å². The first kappa shape index (κ1) is 16.3. The lowest BCUT2D eigenvalue weighted by molar-refractivity contribution is -0.137. The molecule has 1 aromatic carbocycles. The molecule has 2 atom stereocenters. The summed E-state index contributed by atoms with van der Waals surface area (Å²) >= 11 is 3.48. The molecule has 0 spiro atoms. The average molecular weight is 355 g/mol. The van der Waals surface area contributed by atoms with Crippen LogP contribution in [-0.4, -0.2) is 43.6 Å². The summed E-state index contributed by atoms with van der Waals surface area (Å²) in [6, 6.07) is 5.87. The molecule has 2 rings (SSSR count). The van der Waals surface area contributed by atoms with Gasteiger partial charge in [-0.1, -0.05) is 6.07 Å². The molecule has 0 aromatic heterocycles. The molecule has 1 aliphatic heterocycles. The Morgan fingerprint density at radius 3 is 3.00 bits per heavy atom. The van der Waals surface area contributed by atoms with Crippen LogP contribution in [0.25, 0.3) is 0 Å². The van der Waals surface area contributed by atoms with E-state index < -0.39 is 6.10 Å². The van der Waals surface area contributed by atoms with Crippen LogP contribution in [-0.2, 0) is 4.79 Å². The molecular weight excluding hydrogens is 332 g/mol. The van der Waals surface area contributed by atoms with E-state index in [9.17, 15) is 4.79 Å². The highest BCUT2D eigenvalue weighted by Gasteiger charge is 2.29. The molecule has 1 heterocycles. The molecule has 1 fully saturated rings. The number of carbonyl (C=O) groups excluding carboxylic acids is 1. The van der Waals surface area contributed by atoms with Gasteiger partial charge in [-0.05, 0) is 73.4 Å². The van der Waals surface area contributed by atoms with Gasteiger partial charge in [-0.3, -0.25) is 4.79 Å². The third-order valence-electron chi connectivity index (χ3n) is 3.83. The average Bonchev–Trinajstić information content (AvgIpc) is 2.90. The second-order valence-electron chi connectivity index (χ2n) is 5.69. The van der Waals surface area contributed by atoms with E-state index in [1.807, 2.05) is 44.0 Å². The van der Waals surface area contributed by atoms with Crippen LogP contribution in [0.1, 0.15) is 18.9 Å². The summed E-state index contributed by atoms with van der Waals surface area (Å²) < 4.78 is 6.70. The zero-order valence-electron chi connectivity index (χ0n) is 12.9. The Morgan fingerprint density at radius 1 is 1.57 bits per heavy atom. The van der Waals surface area contributed by atoms with E-state index in [-0.39, 0.29) is 5.91 Å². The van der Waals surface area contributed by atoms with E-state index in [2.05, 4.69) is 21.2 Å². The van der Waals surface area contributed by atoms with E-state index in [0.717, 1.165) is 36.1 Å². The van der Waals surface area contributed by atoms with Crippen molar-refractivity contribution in [1.29, 1.82) is 0 Å². The first-order chi connectivity index (χ1) is 10.0. The SMILES string of the molecule is CNCC1CCN(C(=O)C(C)Oc2ccc(C)cc2Br)C1. The lowest BCUT2D eigenvalue weighted by Gasteiger charge is -2.22. The molecule has 1 saturated heterocycles. The minimum atomic E-state index is -0.461. The minimum absolute atomic E-state index is 0.0704. The van der Waals surface area contributed by atoms with Gasteiger partial charge in [0.15, 0.2) is 6.10 Å². The fourth-order valence-electron chi connectivity index (χ4n) is 2.69. The zero-order valence-corrected chi connectivity index (χ0v) is 14.4. The standard InChI is InChI=1S/C16H23BrN2O2/c1-11-4-5-15(14(17)8-11)21-12(2)16(20)19-7-6-13(10-19)9-18-3/h4-5,8,12-13,18H,6-7,9-10H2,1-3H3. The maximum absolute atomic E-state index is 12.4. The van der Waals surface area contributed by atoms with Crippen molar-refractivity contribution in [3.05, 3.63) is 28.2 Å². The number of amides is 1. The summed E-state index contributed by atoms with van der Waals surface area (Å²) in [5.41, 5.74) is 1.16. The topological polar surface area (TPSA) is 41.6 Å². The quantitative estimate of drug-likeness (QED) is 0.883. The van der Waals surface area contributed by atoms with Crippen molar-refractivity contribution in [2.75, 3.05) is 26.7 Å². The molecule has 0 radical (unpaired) electrons. The van der Waals surface area contributed by atoms with Crippen LogP contribution < -0.4 is 10.1 Å². The molecule has 5 heteroatoms. The third kappa shape index (κ3) is 4.20. The number of hydrogen-bond donors (Lipinski definition) is 1. The van der Waals surface area contributed by atoms with Gasteiger partial charge in [0.1, 0.15) is 5.75 Å². The summed E-state index contributed by atoms with van der Waals surface area (Å²) in [6.07, 6.45) is 0.602. The van der Waals surface area contributed by atoms with Crippen molar-refractivity contribution >= 4 is 21.8 Å². The molecule has 1 N–H and O–H groups in total. The van der Waals surface area contributed by atoms with Gasteiger partial charge < -0.3 is 15.0 Å². The molecule has 116 valence electrons. The van der Waals surface area contributed by atoms with E-state index in [1.54, 1.807) is 0 Å². The van der Waals surface area contributed by atoms with Gasteiger partial charge in [0.2, 0.25) is 0 Å². The van der Waals surface area contributed by atoms with E-state index in [1.165, 1.54) is 0 Å². The number of hydrogen-bond acceptors (Lipinski definition) is 3. The van der Waals surface area contributed by atoms with Crippen molar-refractivity contribution in [2.45, 2.75) is 26.4 Å². The lowest BCUT2D eigenvalue weighted by Crippen LogP contribution is -2.39. The van der Waals surface area contributed by atoms with Crippen molar-refractivity contribution in [3.8, 4) is 5.75 Å². The van der Waals surface area contributed by atoms with Crippen molar-refractivity contribution < 1.29 is 9.53 Å². The summed E-state index contributed by atoms with van der Waals surface area (Å²) in [6.45, 7) is 6.45. The Bertz CT molecular complexity index is 507. The normalized spacial score (nSPS) is 19.6. The largest absolute Gasteiger partial charge is 0.480 e. The fourth-order valence-corrected chi connectivity index (χ4v) is 3.27. The summed E-state index contributed by atoms with van der Waals surface area (Å²) in [4.78, 5) is 14.4. The number of halogens is 1. The first-order valence-corrected chi connectivity index (χ1v) is 8.16. The fraction of sp³-hybridized carbons (Fsp3) is 0.562. The maximum Gasteiger partial charge on any atom is 0.263 e. The number of nitrogens with one attached hydrogen (secondary N) is 1. The Kier molecular flexibility index (Phi) is 5.65. The van der Waals surface area contributed by atoms with Crippen LogP contribution >= 0.6 is 15.9 Å². The number of rotatable bonds is 5. The smallest absolute Gasteiger partial charge is 0.263 e. The van der Waals surface area contributed by atoms with Crippen molar-refractivity contribution in [1.82, 2.24) is 10.2 Å². The second-order valence-corrected chi connectivity index (χ2v) is 6.54. The highest BCUT2D eigenvalue weighted by Crippen LogP contribution is 2.27. The Balaban J connectivity index is 1.94. The van der Waals surface area contributed by atoms with E-state index in [0.29, 0.717) is 11.7 Å². The third-order valence-corrected chi connectivity index (χ3v) is 4.45. The molecule has 21 heavy (non-hydrogen) atoms. The number of benzene rings is 1. The Hall–Kier alpha value is -1.07. The summed E-state index contributed by atoms with van der Waals surface area (Å²) in [5, 5.41) is 3.18. The summed E-state index contributed by atoms with van der Waals surface area (Å²) in [7, 11) is 1.95. The van der Waals surface area contributed by atoms with Crippen LogP contribution in [0.5, 0.6) is 5.75 Å². The number of nitrogens with zero attached hydrogens (tertiary/aromatic N) is 1. The minimum Gasteiger partial charge on any atom is -0.480 e. The zero-order chi connectivity index (χ0) is 15.4. The first-order valence-electron chi connectivity index (χ1n) is 7.37. The maximum atomic E-state index is 12.4. The van der Waals surface area contributed by atoms with Crippen molar-refractivity contribution in [3.63, 3.8) is 0 Å². The monoisotopic (exact) mass is 354 g/mol. The van der Waals surface area contributed by atoms with Crippen LogP contribution in [0.4, 0.5) is 0 Å². The number of likely N-dealkylation sites (tertiary alicyclic amines) is 1. The molecule has 2 unspecified atom stereocenters. The van der Waals surface area contributed by atoms with Crippen LogP contribution in [0.3, 0.4) is 0 Å². The van der Waals surface area contributed by atoms with Gasteiger partial charge in [0.25, 0.3) is 5.91 Å². The van der Waals surface area contributed by atoms with Gasteiger partial charge in [0, 0.05) is 13.1 Å². The van der Waals surface area contributed by atoms with Crippen molar-refractivity contribution in [2.24, 2.45) is 5.92 Å². The van der Waals surface area contributed by atoms with Gasteiger partial charge in [-0.15, -0.1) is 0 Å². The Morgan fingerprint density at radius 2 is 2.33 bits per heavy atom. The molecular formula is C16H23BrN2O2. The van der Waals surface area contributed by atoms with Crippen LogP contribution in [0, 0.1) is 12.8 Å². The number of aryl methyl sites for hydroxylation is 1. The van der Waals surface area contributed by atoms with Gasteiger partial charge in [0.05, 0.1) is 4.47 Å². The molecule has 1 aliphatic rings. The van der Waals surface area contributed by atoms with Gasteiger partial charge in [-0.2, -0.15) is 0 Å². The predicted molar refractivity (Wildman–Crippen MR) is 87.6 cm³/mol. The molecule has 0 bridgehead atoms. The molecule has 0 aliphatic carbocycles. The Labute approximate surface area is 135 Å². The second kappa shape index (κ2) is 7.27. The highest BCUT2D eigenvalue weighted by atomic mass is 79.9. The predicted octanol–water partition coefficient (Wildman–Crippen LogP) is 2.59. The van der Waals surface area contributed by atoms with Crippen LogP contribution in [0.2, 0.25) is 0 Å². The highest BCUT2D eigenvalue weighted by molar-refractivity contribution is 9.10. The van der Waals surface area contributed by atoms with Gasteiger partial charge in [-0.25, -0.2) is 0 Å². The van der Waals surface area contributed by atoms with Crippen LogP contribution in [0.15, 0.2) is 22.7 Å². The lowest BCUT2D eigenvalue weighted by atomic mass is 10.1. The number of carbonyl (C=O) groups is 1. The summed E-state index contributed by atoms with van der Waals surface area (Å²) in [5.74, 6) is 1.34. The van der Waals surface area contributed by atoms with Gasteiger partial charge >= 0.3 is 0 Å². The molecule has 1 amide bonds.